The Morgan fingerprint density at radius 3 is 2.68 bits per heavy atom. The van der Waals surface area contributed by atoms with E-state index in [0.29, 0.717) is 12.5 Å². The molecule has 2 aromatic rings. The Hall–Kier alpha value is -1.87. The molecule has 0 spiro atoms. The lowest BCUT2D eigenvalue weighted by Gasteiger charge is -2.16. The molecule has 1 aliphatic carbocycles. The fourth-order valence-corrected chi connectivity index (χ4v) is 2.54. The van der Waals surface area contributed by atoms with Crippen molar-refractivity contribution in [2.75, 3.05) is 6.54 Å². The van der Waals surface area contributed by atoms with E-state index in [0.717, 1.165) is 16.3 Å². The zero-order valence-corrected chi connectivity index (χ0v) is 10.8. The molecule has 3 heteroatoms. The van der Waals surface area contributed by atoms with E-state index in [2.05, 4.69) is 5.32 Å². The minimum absolute atomic E-state index is 0.0147. The van der Waals surface area contributed by atoms with Crippen LogP contribution in [0.25, 0.3) is 10.8 Å². The van der Waals surface area contributed by atoms with Gasteiger partial charge >= 0.3 is 0 Å². The summed E-state index contributed by atoms with van der Waals surface area (Å²) in [6.45, 7) is 0.515. The van der Waals surface area contributed by atoms with Gasteiger partial charge in [-0.15, -0.1) is 0 Å². The highest BCUT2D eigenvalue weighted by atomic mass is 16.1. The van der Waals surface area contributed by atoms with Gasteiger partial charge in [0.05, 0.1) is 0 Å². The first kappa shape index (κ1) is 12.2. The lowest BCUT2D eigenvalue weighted by molar-refractivity contribution is 0.0935. The maximum absolute atomic E-state index is 12.4. The van der Waals surface area contributed by atoms with Gasteiger partial charge in [0.1, 0.15) is 0 Å². The molecule has 19 heavy (non-hydrogen) atoms. The molecule has 1 amide bonds. The maximum Gasteiger partial charge on any atom is 0.252 e. The molecule has 3 nitrogen and oxygen atoms in total. The van der Waals surface area contributed by atoms with Crippen molar-refractivity contribution in [1.29, 1.82) is 0 Å². The van der Waals surface area contributed by atoms with Gasteiger partial charge in [-0.2, -0.15) is 0 Å². The maximum atomic E-state index is 12.4. The van der Waals surface area contributed by atoms with E-state index in [1.54, 1.807) is 0 Å². The summed E-state index contributed by atoms with van der Waals surface area (Å²) >= 11 is 0. The third-order valence-electron chi connectivity index (χ3n) is 3.80. The van der Waals surface area contributed by atoms with Gasteiger partial charge in [-0.25, -0.2) is 0 Å². The van der Waals surface area contributed by atoms with Crippen LogP contribution in [0.3, 0.4) is 0 Å². The normalized spacial score (nSPS) is 16.3. The molecule has 1 aliphatic rings. The molecule has 3 rings (SSSR count). The summed E-state index contributed by atoms with van der Waals surface area (Å²) in [6, 6.07) is 13.9. The smallest absolute Gasteiger partial charge is 0.252 e. The summed E-state index contributed by atoms with van der Waals surface area (Å²) in [4.78, 5) is 12.4. The molecule has 3 N–H and O–H groups in total. The number of hydrogen-bond donors (Lipinski definition) is 2. The molecule has 0 aromatic heterocycles. The molecular formula is C16H18N2O. The minimum Gasteiger partial charge on any atom is -0.348 e. The summed E-state index contributed by atoms with van der Waals surface area (Å²) in [5.41, 5.74) is 6.47. The Balaban J connectivity index is 1.88. The molecule has 1 fully saturated rings. The van der Waals surface area contributed by atoms with Crippen molar-refractivity contribution in [3.8, 4) is 0 Å². The number of carbonyl (C=O) groups is 1. The molecule has 0 radical (unpaired) electrons. The lowest BCUT2D eigenvalue weighted by Crippen LogP contribution is -2.41. The van der Waals surface area contributed by atoms with E-state index in [1.165, 1.54) is 12.8 Å². The predicted octanol–water partition coefficient (Wildman–Crippen LogP) is 2.31. The van der Waals surface area contributed by atoms with E-state index in [1.807, 2.05) is 42.5 Å². The minimum atomic E-state index is -0.0147. The molecule has 2 aromatic carbocycles. The van der Waals surface area contributed by atoms with Gasteiger partial charge < -0.3 is 11.1 Å². The van der Waals surface area contributed by atoms with E-state index in [4.69, 9.17) is 5.73 Å². The van der Waals surface area contributed by atoms with Gasteiger partial charge in [0.25, 0.3) is 5.91 Å². The van der Waals surface area contributed by atoms with Crippen molar-refractivity contribution in [1.82, 2.24) is 5.32 Å². The molecule has 0 heterocycles. The van der Waals surface area contributed by atoms with Crippen molar-refractivity contribution in [2.45, 2.75) is 18.9 Å². The second-order valence-corrected chi connectivity index (χ2v) is 5.18. The van der Waals surface area contributed by atoms with Crippen molar-refractivity contribution in [3.05, 3.63) is 48.0 Å². The van der Waals surface area contributed by atoms with Crippen LogP contribution in [0.1, 0.15) is 23.2 Å². The number of nitrogens with one attached hydrogen (secondary N) is 1. The van der Waals surface area contributed by atoms with Crippen LogP contribution in [-0.4, -0.2) is 18.5 Å². The van der Waals surface area contributed by atoms with Crippen molar-refractivity contribution < 1.29 is 4.79 Å². The van der Waals surface area contributed by atoms with Gasteiger partial charge in [0.15, 0.2) is 0 Å². The van der Waals surface area contributed by atoms with Crippen LogP contribution in [0.5, 0.6) is 0 Å². The Morgan fingerprint density at radius 1 is 1.21 bits per heavy atom. The number of carbonyl (C=O) groups excluding carboxylic acids is 1. The summed E-state index contributed by atoms with van der Waals surface area (Å²) in [5.74, 6) is 0.558. The highest BCUT2D eigenvalue weighted by molar-refractivity contribution is 6.07. The molecule has 1 saturated carbocycles. The second-order valence-electron chi connectivity index (χ2n) is 5.18. The topological polar surface area (TPSA) is 55.1 Å². The van der Waals surface area contributed by atoms with E-state index in [-0.39, 0.29) is 11.9 Å². The van der Waals surface area contributed by atoms with Crippen LogP contribution < -0.4 is 11.1 Å². The first-order valence-corrected chi connectivity index (χ1v) is 6.78. The third-order valence-corrected chi connectivity index (χ3v) is 3.80. The molecule has 0 saturated heterocycles. The average molecular weight is 254 g/mol. The van der Waals surface area contributed by atoms with Crippen LogP contribution in [0.4, 0.5) is 0 Å². The van der Waals surface area contributed by atoms with Gasteiger partial charge in [0, 0.05) is 18.2 Å². The van der Waals surface area contributed by atoms with Crippen molar-refractivity contribution in [2.24, 2.45) is 11.7 Å². The number of rotatable bonds is 4. The number of nitrogens with two attached hydrogens (primary N) is 1. The summed E-state index contributed by atoms with van der Waals surface area (Å²) in [6.07, 6.45) is 2.36. The summed E-state index contributed by atoms with van der Waals surface area (Å²) in [5, 5.41) is 5.16. The van der Waals surface area contributed by atoms with Gasteiger partial charge in [-0.05, 0) is 35.6 Å². The highest BCUT2D eigenvalue weighted by Gasteiger charge is 2.31. The number of fused-ring (bicyclic) bond motifs is 1. The molecule has 0 aliphatic heterocycles. The second kappa shape index (κ2) is 5.02. The monoisotopic (exact) mass is 254 g/mol. The van der Waals surface area contributed by atoms with Gasteiger partial charge in [-0.1, -0.05) is 36.4 Å². The largest absolute Gasteiger partial charge is 0.348 e. The zero-order chi connectivity index (χ0) is 13.2. The van der Waals surface area contributed by atoms with E-state index < -0.39 is 0 Å². The summed E-state index contributed by atoms with van der Waals surface area (Å²) in [7, 11) is 0. The fourth-order valence-electron chi connectivity index (χ4n) is 2.54. The van der Waals surface area contributed by atoms with Crippen molar-refractivity contribution >= 4 is 16.7 Å². The van der Waals surface area contributed by atoms with E-state index >= 15 is 0 Å². The number of hydrogen-bond acceptors (Lipinski definition) is 2. The molecule has 0 bridgehead atoms. The summed E-state index contributed by atoms with van der Waals surface area (Å²) < 4.78 is 0. The quantitative estimate of drug-likeness (QED) is 0.879. The van der Waals surface area contributed by atoms with Crippen LogP contribution in [0, 0.1) is 5.92 Å². The Morgan fingerprint density at radius 2 is 1.95 bits per heavy atom. The average Bonchev–Trinajstić information content (AvgIpc) is 3.28. The van der Waals surface area contributed by atoms with Crippen molar-refractivity contribution in [3.63, 3.8) is 0 Å². The number of amides is 1. The Kier molecular flexibility index (Phi) is 3.22. The Bertz CT molecular complexity index is 599. The first-order chi connectivity index (χ1) is 9.29. The van der Waals surface area contributed by atoms with Crippen LogP contribution in [-0.2, 0) is 0 Å². The van der Waals surface area contributed by atoms with Crippen LogP contribution >= 0.6 is 0 Å². The standard InChI is InChI=1S/C16H18N2O/c17-10-15(12-8-9-12)18-16(19)14-7-3-5-11-4-1-2-6-13(11)14/h1-7,12,15H,8-10,17H2,(H,18,19). The predicted molar refractivity (Wildman–Crippen MR) is 77.0 cm³/mol. The fraction of sp³-hybridized carbons (Fsp3) is 0.312. The number of benzene rings is 2. The lowest BCUT2D eigenvalue weighted by atomic mass is 10.0. The molecule has 1 atom stereocenters. The SMILES string of the molecule is NCC(NC(=O)c1cccc2ccccc12)C1CC1. The van der Waals surface area contributed by atoms with E-state index in [9.17, 15) is 4.79 Å². The van der Waals surface area contributed by atoms with Crippen LogP contribution in [0.15, 0.2) is 42.5 Å². The first-order valence-electron chi connectivity index (χ1n) is 6.78. The van der Waals surface area contributed by atoms with Gasteiger partial charge in [0.2, 0.25) is 0 Å². The molecular weight excluding hydrogens is 236 g/mol. The van der Waals surface area contributed by atoms with Gasteiger partial charge in [-0.3, -0.25) is 4.79 Å². The zero-order valence-electron chi connectivity index (χ0n) is 10.8. The molecule has 1 unspecified atom stereocenters. The highest BCUT2D eigenvalue weighted by Crippen LogP contribution is 2.32. The third kappa shape index (κ3) is 2.47. The molecule has 98 valence electrons. The van der Waals surface area contributed by atoms with Crippen LogP contribution in [0.2, 0.25) is 0 Å². The Labute approximate surface area is 112 Å².